The lowest BCUT2D eigenvalue weighted by Crippen LogP contribution is -2.69. The second-order valence-corrected chi connectivity index (χ2v) is 15.9. The summed E-state index contributed by atoms with van der Waals surface area (Å²) >= 11 is 0. The fourth-order valence-corrected chi connectivity index (χ4v) is 11.7. The van der Waals surface area contributed by atoms with Gasteiger partial charge in [-0.15, -0.1) is 0 Å². The van der Waals surface area contributed by atoms with Crippen LogP contribution in [0.3, 0.4) is 0 Å². The van der Waals surface area contributed by atoms with Crippen LogP contribution in [0.2, 0.25) is 0 Å². The van der Waals surface area contributed by atoms with E-state index in [1.807, 2.05) is 26.8 Å². The van der Waals surface area contributed by atoms with Crippen LogP contribution in [0.15, 0.2) is 11.6 Å². The number of carbonyl (C=O) groups is 3. The van der Waals surface area contributed by atoms with Crippen LogP contribution in [-0.4, -0.2) is 24.0 Å². The largest absolute Gasteiger partial charge is 0.356 e. The fraction of sp³-hybridized carbons (Fsp3) is 0.829. The zero-order valence-electron chi connectivity index (χ0n) is 26.3. The van der Waals surface area contributed by atoms with Crippen LogP contribution in [0.1, 0.15) is 113 Å². The third-order valence-electron chi connectivity index (χ3n) is 14.2. The van der Waals surface area contributed by atoms with Crippen molar-refractivity contribution in [2.45, 2.75) is 113 Å². The summed E-state index contributed by atoms with van der Waals surface area (Å²) in [6.45, 7) is 18.6. The van der Waals surface area contributed by atoms with E-state index in [2.05, 4.69) is 46.0 Å². The van der Waals surface area contributed by atoms with Crippen LogP contribution in [0.4, 0.5) is 0 Å². The molecule has 5 aliphatic rings. The zero-order chi connectivity index (χ0) is 29.5. The number of nitrogens with zero attached hydrogens (tertiary/aromatic N) is 1. The number of carbonyl (C=O) groups excluding carboxylic acids is 3. The first-order valence-corrected chi connectivity index (χ1v) is 16.1. The van der Waals surface area contributed by atoms with E-state index in [0.29, 0.717) is 42.9 Å². The first-order chi connectivity index (χ1) is 18.6. The number of hydrogen-bond donors (Lipinski definition) is 1. The van der Waals surface area contributed by atoms with Crippen molar-refractivity contribution in [3.63, 3.8) is 0 Å². The van der Waals surface area contributed by atoms with Gasteiger partial charge < -0.3 is 5.32 Å². The van der Waals surface area contributed by atoms with Crippen molar-refractivity contribution >= 4 is 17.5 Å². The molecule has 5 nitrogen and oxygen atoms in total. The lowest BCUT2D eigenvalue weighted by Gasteiger charge is -2.72. The second kappa shape index (κ2) is 9.53. The van der Waals surface area contributed by atoms with Gasteiger partial charge in [0, 0.05) is 30.7 Å². The van der Waals surface area contributed by atoms with Crippen molar-refractivity contribution in [3.05, 3.63) is 11.6 Å². The predicted octanol–water partition coefficient (Wildman–Crippen LogP) is 7.06. The number of fused-ring (bicyclic) bond motifs is 7. The molecule has 220 valence electrons. The van der Waals surface area contributed by atoms with E-state index in [9.17, 15) is 19.6 Å². The van der Waals surface area contributed by atoms with Gasteiger partial charge in [-0.1, -0.05) is 54.5 Å². The SMILES string of the molecule is CCNC(=O)CC[C@]12CC[C@@H](C)[C@H](C)[C@H]1[C@H]1C(=O)C[C@@H]3[C@@]4(C)C=C(C#N)C(=O)C(C)(C)[C@@H]4CC[C@@]3(C)[C@]1(C)CC2. The molecule has 0 spiro atoms. The summed E-state index contributed by atoms with van der Waals surface area (Å²) in [4.78, 5) is 40.6. The van der Waals surface area contributed by atoms with Crippen LogP contribution in [0.5, 0.6) is 0 Å². The Balaban J connectivity index is 1.58. The molecule has 4 saturated carbocycles. The molecule has 5 aliphatic carbocycles. The van der Waals surface area contributed by atoms with Gasteiger partial charge in [-0.3, -0.25) is 14.4 Å². The number of nitrogens with one attached hydrogen (secondary N) is 1. The van der Waals surface area contributed by atoms with E-state index in [4.69, 9.17) is 0 Å². The molecule has 4 fully saturated rings. The summed E-state index contributed by atoms with van der Waals surface area (Å²) in [5.41, 5.74) is -0.832. The Labute approximate surface area is 242 Å². The number of rotatable bonds is 4. The fourth-order valence-electron chi connectivity index (χ4n) is 11.7. The molecule has 0 aromatic rings. The van der Waals surface area contributed by atoms with Crippen molar-refractivity contribution in [1.82, 2.24) is 5.32 Å². The molecule has 1 N–H and O–H groups in total. The molecule has 0 saturated heterocycles. The minimum atomic E-state index is -0.606. The van der Waals surface area contributed by atoms with Gasteiger partial charge in [0.1, 0.15) is 11.9 Å². The molecule has 0 aliphatic heterocycles. The highest BCUT2D eigenvalue weighted by molar-refractivity contribution is 6.04. The third kappa shape index (κ3) is 3.79. The summed E-state index contributed by atoms with van der Waals surface area (Å²) < 4.78 is 0. The van der Waals surface area contributed by atoms with E-state index >= 15 is 0 Å². The third-order valence-corrected chi connectivity index (χ3v) is 14.2. The van der Waals surface area contributed by atoms with Crippen LogP contribution >= 0.6 is 0 Å². The maximum Gasteiger partial charge on any atom is 0.220 e. The maximum atomic E-state index is 14.7. The second-order valence-electron chi connectivity index (χ2n) is 15.9. The first-order valence-electron chi connectivity index (χ1n) is 16.1. The molecule has 0 radical (unpaired) electrons. The molecule has 1 amide bonds. The Hall–Kier alpha value is -1.96. The summed E-state index contributed by atoms with van der Waals surface area (Å²) in [7, 11) is 0. The van der Waals surface area contributed by atoms with E-state index < -0.39 is 5.41 Å². The average Bonchev–Trinajstić information content (AvgIpc) is 2.89. The van der Waals surface area contributed by atoms with Crippen LogP contribution in [0, 0.1) is 73.9 Å². The molecular formula is C35H52N2O3. The highest BCUT2D eigenvalue weighted by atomic mass is 16.1. The molecule has 5 rings (SSSR count). The summed E-state index contributed by atoms with van der Waals surface area (Å²) in [6, 6.07) is 2.23. The molecule has 10 atom stereocenters. The van der Waals surface area contributed by atoms with Gasteiger partial charge in [0.25, 0.3) is 0 Å². The summed E-state index contributed by atoms with van der Waals surface area (Å²) in [6.07, 6.45) is 10.3. The number of allylic oxidation sites excluding steroid dienone is 2. The van der Waals surface area contributed by atoms with Crippen LogP contribution in [0.25, 0.3) is 0 Å². The van der Waals surface area contributed by atoms with Gasteiger partial charge in [0.15, 0.2) is 5.78 Å². The average molecular weight is 549 g/mol. The molecule has 0 unspecified atom stereocenters. The normalized spacial score (nSPS) is 47.5. The van der Waals surface area contributed by atoms with E-state index in [1.165, 1.54) is 6.42 Å². The minimum Gasteiger partial charge on any atom is -0.356 e. The quantitative estimate of drug-likeness (QED) is 0.407. The number of nitriles is 1. The number of hydrogen-bond acceptors (Lipinski definition) is 4. The molecular weight excluding hydrogens is 496 g/mol. The van der Waals surface area contributed by atoms with Crippen LogP contribution < -0.4 is 5.32 Å². The minimum absolute atomic E-state index is 0.00675. The molecule has 0 bridgehead atoms. The van der Waals surface area contributed by atoms with Crippen molar-refractivity contribution in [2.75, 3.05) is 6.54 Å². The van der Waals surface area contributed by atoms with Crippen molar-refractivity contribution in [3.8, 4) is 6.07 Å². The zero-order valence-corrected chi connectivity index (χ0v) is 26.3. The highest BCUT2D eigenvalue weighted by Gasteiger charge is 2.72. The van der Waals surface area contributed by atoms with Crippen molar-refractivity contribution in [2.24, 2.45) is 62.6 Å². The van der Waals surface area contributed by atoms with Gasteiger partial charge in [0.2, 0.25) is 5.91 Å². The van der Waals surface area contributed by atoms with Gasteiger partial charge >= 0.3 is 0 Å². The van der Waals surface area contributed by atoms with Gasteiger partial charge in [-0.05, 0) is 103 Å². The lowest BCUT2D eigenvalue weighted by atomic mass is 9.31. The number of ketones is 2. The molecule has 0 aromatic heterocycles. The standard InChI is InChI=1S/C35H52N2O3/c1-9-37-27(39)12-15-35-14-10-21(2)22(3)28(35)29-24(38)18-26-32(6)19-23(20-36)30(40)31(4,5)25(32)11-13-33(26,7)34(29,8)16-17-35/h19,21-22,25-26,28-29H,9-18H2,1-8H3,(H,37,39)/t21-,22+,25+,26-,28+,29-,32+,33-,34-,35+/m1/s1. The monoisotopic (exact) mass is 548 g/mol. The Morgan fingerprint density at radius 1 is 1.00 bits per heavy atom. The number of Topliss-reactive ketones (excluding diaryl/α,β-unsaturated/α-hetero) is 2. The van der Waals surface area contributed by atoms with Gasteiger partial charge in [-0.2, -0.15) is 5.26 Å². The smallest absolute Gasteiger partial charge is 0.220 e. The lowest BCUT2D eigenvalue weighted by molar-refractivity contribution is -0.227. The summed E-state index contributed by atoms with van der Waals surface area (Å²) in [5, 5.41) is 13.0. The Morgan fingerprint density at radius 2 is 1.70 bits per heavy atom. The number of amides is 1. The Kier molecular flexibility index (Phi) is 7.04. The van der Waals surface area contributed by atoms with E-state index in [1.54, 1.807) is 0 Å². The van der Waals surface area contributed by atoms with Crippen molar-refractivity contribution < 1.29 is 14.4 Å². The predicted molar refractivity (Wildman–Crippen MR) is 157 cm³/mol. The van der Waals surface area contributed by atoms with Crippen LogP contribution in [-0.2, 0) is 14.4 Å². The molecule has 0 heterocycles. The van der Waals surface area contributed by atoms with Gasteiger partial charge in [-0.25, -0.2) is 0 Å². The highest BCUT2D eigenvalue weighted by Crippen LogP contribution is 2.76. The molecule has 5 heteroatoms. The Morgan fingerprint density at radius 3 is 2.35 bits per heavy atom. The van der Waals surface area contributed by atoms with E-state index in [0.717, 1.165) is 38.5 Å². The van der Waals surface area contributed by atoms with Gasteiger partial charge in [0.05, 0.1) is 5.57 Å². The topological polar surface area (TPSA) is 87.0 Å². The maximum absolute atomic E-state index is 14.7. The summed E-state index contributed by atoms with van der Waals surface area (Å²) in [5.74, 6) is 2.07. The van der Waals surface area contributed by atoms with Crippen molar-refractivity contribution in [1.29, 1.82) is 5.26 Å². The molecule has 0 aromatic carbocycles. The molecule has 40 heavy (non-hydrogen) atoms. The van der Waals surface area contributed by atoms with E-state index in [-0.39, 0.29) is 56.7 Å². The Bertz CT molecular complexity index is 1180. The first kappa shape index (κ1) is 29.5.